The largest absolute Gasteiger partial charge is 0.480 e. The van der Waals surface area contributed by atoms with E-state index in [1.807, 2.05) is 13.2 Å². The molecule has 3 atom stereocenters. The third-order valence-corrected chi connectivity index (χ3v) is 3.75. The number of hydrogen-bond donors (Lipinski definition) is 3. The lowest BCUT2D eigenvalue weighted by atomic mass is 10.2. The first-order valence-corrected chi connectivity index (χ1v) is 7.35. The van der Waals surface area contributed by atoms with Gasteiger partial charge in [-0.15, -0.1) is 0 Å². The first kappa shape index (κ1) is 15.1. The lowest BCUT2D eigenvalue weighted by molar-refractivity contribution is -0.141. The van der Waals surface area contributed by atoms with E-state index < -0.39 is 24.1 Å². The zero-order valence-corrected chi connectivity index (χ0v) is 11.4. The van der Waals surface area contributed by atoms with Gasteiger partial charge in [0, 0.05) is 24.8 Å². The van der Waals surface area contributed by atoms with Crippen LogP contribution in [0.25, 0.3) is 0 Å². The van der Waals surface area contributed by atoms with Gasteiger partial charge in [-0.1, -0.05) is 6.92 Å². The number of urea groups is 1. The number of likely N-dealkylation sites (tertiary alicyclic amines) is 1. The van der Waals surface area contributed by atoms with Gasteiger partial charge in [0.25, 0.3) is 0 Å². The van der Waals surface area contributed by atoms with Crippen LogP contribution in [0.4, 0.5) is 4.79 Å². The summed E-state index contributed by atoms with van der Waals surface area (Å²) in [6.45, 7) is 2.05. The molecule has 0 aromatic carbocycles. The van der Waals surface area contributed by atoms with Gasteiger partial charge in [0.1, 0.15) is 6.04 Å². The fourth-order valence-electron chi connectivity index (χ4n) is 1.99. The number of aliphatic carboxylic acids is 1. The average molecular weight is 276 g/mol. The van der Waals surface area contributed by atoms with E-state index in [2.05, 4.69) is 5.32 Å². The fourth-order valence-corrected chi connectivity index (χ4v) is 2.71. The zero-order chi connectivity index (χ0) is 13.7. The highest BCUT2D eigenvalue weighted by Gasteiger charge is 2.39. The van der Waals surface area contributed by atoms with Gasteiger partial charge in [0.05, 0.1) is 6.10 Å². The smallest absolute Gasteiger partial charge is 0.326 e. The number of carboxylic acid groups (broad SMARTS) is 1. The van der Waals surface area contributed by atoms with Gasteiger partial charge in [0.2, 0.25) is 0 Å². The molecule has 0 aliphatic carbocycles. The van der Waals surface area contributed by atoms with Crippen LogP contribution in [0.2, 0.25) is 0 Å². The molecule has 0 saturated carbocycles. The summed E-state index contributed by atoms with van der Waals surface area (Å²) in [6, 6.07) is -1.30. The van der Waals surface area contributed by atoms with Crippen LogP contribution in [-0.2, 0) is 4.79 Å². The number of carbonyl (C=O) groups is 2. The summed E-state index contributed by atoms with van der Waals surface area (Å²) in [5, 5.41) is 21.3. The quantitative estimate of drug-likeness (QED) is 0.674. The molecule has 0 spiro atoms. The van der Waals surface area contributed by atoms with E-state index in [4.69, 9.17) is 5.11 Å². The monoisotopic (exact) mass is 276 g/mol. The molecule has 7 heteroatoms. The van der Waals surface area contributed by atoms with Gasteiger partial charge in [-0.3, -0.25) is 0 Å². The maximum Gasteiger partial charge on any atom is 0.326 e. The lowest BCUT2D eigenvalue weighted by Gasteiger charge is -2.25. The molecule has 2 unspecified atom stereocenters. The van der Waals surface area contributed by atoms with Gasteiger partial charge in [0.15, 0.2) is 0 Å². The molecular weight excluding hydrogens is 256 g/mol. The van der Waals surface area contributed by atoms with Gasteiger partial charge < -0.3 is 20.4 Å². The van der Waals surface area contributed by atoms with E-state index in [-0.39, 0.29) is 19.0 Å². The predicted octanol–water partition coefficient (Wildman–Crippen LogP) is 0.357. The second-order valence-corrected chi connectivity index (χ2v) is 5.32. The number of carbonyl (C=O) groups excluding carboxylic acids is 1. The minimum absolute atomic E-state index is 0.0275. The average Bonchev–Trinajstić information content (AvgIpc) is 2.71. The molecular formula is C11H20N2O4S. The number of thioether (sulfide) groups is 1. The highest BCUT2D eigenvalue weighted by Crippen LogP contribution is 2.18. The van der Waals surface area contributed by atoms with Crippen LogP contribution in [-0.4, -0.2) is 63.9 Å². The number of nitrogens with one attached hydrogen (secondary N) is 1. The van der Waals surface area contributed by atoms with Crippen molar-refractivity contribution in [2.45, 2.75) is 38.0 Å². The Kier molecular flexibility index (Phi) is 5.74. The van der Waals surface area contributed by atoms with Crippen molar-refractivity contribution < 1.29 is 19.8 Å². The molecule has 0 aromatic rings. The fraction of sp³-hybridized carbons (Fsp3) is 0.818. The molecule has 1 aliphatic heterocycles. The van der Waals surface area contributed by atoms with Gasteiger partial charge >= 0.3 is 12.0 Å². The summed E-state index contributed by atoms with van der Waals surface area (Å²) in [4.78, 5) is 24.2. The van der Waals surface area contributed by atoms with Crippen LogP contribution in [0.3, 0.4) is 0 Å². The Morgan fingerprint density at radius 1 is 1.56 bits per heavy atom. The second-order valence-electron chi connectivity index (χ2n) is 4.41. The molecule has 0 aromatic heterocycles. The van der Waals surface area contributed by atoms with Crippen molar-refractivity contribution >= 4 is 23.8 Å². The lowest BCUT2D eigenvalue weighted by Crippen LogP contribution is -2.49. The third kappa shape index (κ3) is 3.78. The predicted molar refractivity (Wildman–Crippen MR) is 69.7 cm³/mol. The Hall–Kier alpha value is -0.950. The normalized spacial score (nSPS) is 24.9. The molecule has 1 aliphatic rings. The number of carboxylic acids is 1. The van der Waals surface area contributed by atoms with E-state index >= 15 is 0 Å². The number of hydrogen-bond acceptors (Lipinski definition) is 4. The molecule has 1 heterocycles. The Bertz CT molecular complexity index is 313. The number of rotatable bonds is 5. The first-order valence-electron chi connectivity index (χ1n) is 5.96. The van der Waals surface area contributed by atoms with Crippen LogP contribution in [0.15, 0.2) is 0 Å². The minimum atomic E-state index is -1.07. The van der Waals surface area contributed by atoms with Crippen LogP contribution >= 0.6 is 11.8 Å². The van der Waals surface area contributed by atoms with Crippen molar-refractivity contribution in [3.05, 3.63) is 0 Å². The van der Waals surface area contributed by atoms with Crippen LogP contribution in [0.1, 0.15) is 19.8 Å². The maximum atomic E-state index is 12.0. The number of amides is 2. The summed E-state index contributed by atoms with van der Waals surface area (Å²) in [7, 11) is 0. The number of nitrogens with zero attached hydrogens (tertiary/aromatic N) is 1. The highest BCUT2D eigenvalue weighted by atomic mass is 32.2. The van der Waals surface area contributed by atoms with E-state index in [0.29, 0.717) is 0 Å². The van der Waals surface area contributed by atoms with Crippen LogP contribution < -0.4 is 5.32 Å². The molecule has 2 amide bonds. The SMILES string of the molecule is CCC(CSC)NC(=O)N1CC(O)C[C@H]1C(=O)O. The molecule has 6 nitrogen and oxygen atoms in total. The second kappa shape index (κ2) is 6.84. The van der Waals surface area contributed by atoms with Crippen molar-refractivity contribution in [3.63, 3.8) is 0 Å². The van der Waals surface area contributed by atoms with E-state index in [1.54, 1.807) is 11.8 Å². The van der Waals surface area contributed by atoms with Crippen molar-refractivity contribution in [1.29, 1.82) is 0 Å². The van der Waals surface area contributed by atoms with Crippen LogP contribution in [0.5, 0.6) is 0 Å². The molecule has 104 valence electrons. The molecule has 1 fully saturated rings. The Labute approximate surface area is 111 Å². The van der Waals surface area contributed by atoms with Gasteiger partial charge in [-0.2, -0.15) is 11.8 Å². The highest BCUT2D eigenvalue weighted by molar-refractivity contribution is 7.98. The number of aliphatic hydroxyl groups is 1. The Morgan fingerprint density at radius 3 is 2.72 bits per heavy atom. The topological polar surface area (TPSA) is 89.9 Å². The van der Waals surface area contributed by atoms with Crippen molar-refractivity contribution in [2.24, 2.45) is 0 Å². The Balaban J connectivity index is 2.61. The molecule has 18 heavy (non-hydrogen) atoms. The van der Waals surface area contributed by atoms with Crippen molar-refractivity contribution in [3.8, 4) is 0 Å². The standard InChI is InChI=1S/C11H20N2O4S/c1-3-7(6-18-2)12-11(17)13-5-8(14)4-9(13)10(15)16/h7-9,14H,3-6H2,1-2H3,(H,12,17)(H,15,16)/t7?,8?,9-/m0/s1. The summed E-state index contributed by atoms with van der Waals surface area (Å²) >= 11 is 1.63. The summed E-state index contributed by atoms with van der Waals surface area (Å²) in [6.07, 6.45) is 2.09. The van der Waals surface area contributed by atoms with Crippen LogP contribution in [0, 0.1) is 0 Å². The maximum absolute atomic E-state index is 12.0. The molecule has 1 saturated heterocycles. The van der Waals surface area contributed by atoms with Crippen molar-refractivity contribution in [1.82, 2.24) is 10.2 Å². The number of aliphatic hydroxyl groups excluding tert-OH is 1. The molecule has 0 bridgehead atoms. The van der Waals surface area contributed by atoms with E-state index in [9.17, 15) is 14.7 Å². The summed E-state index contributed by atoms with van der Waals surface area (Å²) < 4.78 is 0. The van der Waals surface area contributed by atoms with Gasteiger partial charge in [-0.25, -0.2) is 9.59 Å². The number of β-amino-alcohol motifs (C(OH)–C–C–N with tert-alkyl or cyclic N) is 1. The molecule has 3 N–H and O–H groups in total. The van der Waals surface area contributed by atoms with Gasteiger partial charge in [-0.05, 0) is 12.7 Å². The molecule has 1 rings (SSSR count). The third-order valence-electron chi connectivity index (χ3n) is 3.01. The summed E-state index contributed by atoms with van der Waals surface area (Å²) in [5.41, 5.74) is 0. The zero-order valence-electron chi connectivity index (χ0n) is 10.6. The van der Waals surface area contributed by atoms with E-state index in [0.717, 1.165) is 12.2 Å². The molecule has 0 radical (unpaired) electrons. The minimum Gasteiger partial charge on any atom is -0.480 e. The summed E-state index contributed by atoms with van der Waals surface area (Å²) in [5.74, 6) is -0.282. The Morgan fingerprint density at radius 2 is 2.22 bits per heavy atom. The van der Waals surface area contributed by atoms with E-state index in [1.165, 1.54) is 4.90 Å². The first-order chi connectivity index (χ1) is 8.49. The van der Waals surface area contributed by atoms with Crippen molar-refractivity contribution in [2.75, 3.05) is 18.6 Å².